The van der Waals surface area contributed by atoms with Gasteiger partial charge >= 0.3 is 0 Å². The Hall–Kier alpha value is -4.66. The second-order valence-electron chi connectivity index (χ2n) is 7.85. The number of anilines is 1. The number of aromatic amines is 2. The maximum absolute atomic E-state index is 14.0. The molecule has 6 rings (SSSR count). The molecule has 0 bridgehead atoms. The number of H-pyrrole nitrogens is 2. The van der Waals surface area contributed by atoms with Crippen molar-refractivity contribution in [1.82, 2.24) is 35.1 Å². The van der Waals surface area contributed by atoms with Gasteiger partial charge in [-0.05, 0) is 48.4 Å². The van der Waals surface area contributed by atoms with Crippen molar-refractivity contribution >= 4 is 27.8 Å². The van der Waals surface area contributed by atoms with Gasteiger partial charge in [-0.1, -0.05) is 6.07 Å². The lowest BCUT2D eigenvalue weighted by Crippen LogP contribution is -1.90. The first-order chi connectivity index (χ1) is 16.0. The molecule has 5 aromatic heterocycles. The van der Waals surface area contributed by atoms with Gasteiger partial charge in [0.1, 0.15) is 11.5 Å². The summed E-state index contributed by atoms with van der Waals surface area (Å²) < 4.78 is 14.0. The van der Waals surface area contributed by atoms with Crippen LogP contribution in [0.5, 0.6) is 0 Å². The minimum atomic E-state index is -0.288. The van der Waals surface area contributed by atoms with Gasteiger partial charge in [-0.25, -0.2) is 14.4 Å². The zero-order valence-electron chi connectivity index (χ0n) is 17.5. The van der Waals surface area contributed by atoms with Gasteiger partial charge in [-0.2, -0.15) is 5.10 Å². The molecule has 0 unspecified atom stereocenters. The van der Waals surface area contributed by atoms with E-state index in [0.717, 1.165) is 38.9 Å². The number of pyridine rings is 3. The fraction of sp³-hybridized carbons (Fsp3) is 0.0417. The number of hydrogen-bond donors (Lipinski definition) is 3. The Bertz CT molecular complexity index is 1650. The summed E-state index contributed by atoms with van der Waals surface area (Å²) in [5, 5.41) is 8.29. The van der Waals surface area contributed by atoms with Crippen LogP contribution in [0.1, 0.15) is 5.56 Å². The van der Waals surface area contributed by atoms with E-state index < -0.39 is 0 Å². The molecule has 4 N–H and O–H groups in total. The summed E-state index contributed by atoms with van der Waals surface area (Å²) in [6, 6.07) is 10.5. The first-order valence-electron chi connectivity index (χ1n) is 10.2. The summed E-state index contributed by atoms with van der Waals surface area (Å²) in [5.74, 6) is 0.260. The van der Waals surface area contributed by atoms with Crippen molar-refractivity contribution in [2.45, 2.75) is 6.92 Å². The summed E-state index contributed by atoms with van der Waals surface area (Å²) in [5.41, 5.74) is 13.0. The van der Waals surface area contributed by atoms with Crippen LogP contribution in [0.2, 0.25) is 0 Å². The van der Waals surface area contributed by atoms with E-state index in [-0.39, 0.29) is 5.82 Å². The second kappa shape index (κ2) is 7.20. The number of nitrogen functional groups attached to an aromatic ring is 1. The number of halogens is 1. The topological polar surface area (TPSA) is 122 Å². The van der Waals surface area contributed by atoms with Crippen LogP contribution in [0.15, 0.2) is 61.2 Å². The first-order valence-corrected chi connectivity index (χ1v) is 10.2. The molecule has 0 spiro atoms. The SMILES string of the molecule is Cc1cc(F)cc(-c2ccnc3nc(-c4n[nH]c5cnc(-c6cncc(N)c6)cc45)[nH]c23)c1. The zero-order chi connectivity index (χ0) is 22.5. The molecule has 0 fully saturated rings. The number of aryl methyl sites for hydroxylation is 1. The summed E-state index contributed by atoms with van der Waals surface area (Å²) >= 11 is 0. The molecule has 5 heterocycles. The van der Waals surface area contributed by atoms with Crippen LogP contribution in [0, 0.1) is 12.7 Å². The van der Waals surface area contributed by atoms with Crippen molar-refractivity contribution < 1.29 is 4.39 Å². The third kappa shape index (κ3) is 3.26. The Morgan fingerprint density at radius 3 is 2.73 bits per heavy atom. The van der Waals surface area contributed by atoms with Crippen molar-refractivity contribution in [2.75, 3.05) is 5.73 Å². The molecule has 0 aliphatic carbocycles. The maximum atomic E-state index is 14.0. The molecule has 160 valence electrons. The predicted octanol–water partition coefficient (Wildman–Crippen LogP) is 4.65. The number of imidazole rings is 1. The molecule has 8 nitrogen and oxygen atoms in total. The quantitative estimate of drug-likeness (QED) is 0.371. The number of hydrogen-bond acceptors (Lipinski definition) is 6. The van der Waals surface area contributed by atoms with Crippen LogP contribution in [-0.2, 0) is 0 Å². The zero-order valence-corrected chi connectivity index (χ0v) is 17.5. The van der Waals surface area contributed by atoms with E-state index in [1.54, 1.807) is 24.8 Å². The standard InChI is InChI=1S/C24H17FN8/c1-12-4-13(6-15(25)5-12)17-2-3-28-23-21(17)30-24(31-23)22-18-8-19(29-11-20(18)32-33-22)14-7-16(26)10-27-9-14/h2-11H,26H2,1H3,(H,32,33)(H,28,30,31). The van der Waals surface area contributed by atoms with Gasteiger partial charge < -0.3 is 10.7 Å². The smallest absolute Gasteiger partial charge is 0.178 e. The van der Waals surface area contributed by atoms with Gasteiger partial charge in [0.15, 0.2) is 11.5 Å². The van der Waals surface area contributed by atoms with Gasteiger partial charge in [0.05, 0.1) is 28.6 Å². The van der Waals surface area contributed by atoms with Crippen molar-refractivity contribution in [3.8, 4) is 33.9 Å². The minimum absolute atomic E-state index is 0.288. The van der Waals surface area contributed by atoms with Crippen molar-refractivity contribution in [3.63, 3.8) is 0 Å². The van der Waals surface area contributed by atoms with Gasteiger partial charge in [0, 0.05) is 35.1 Å². The largest absolute Gasteiger partial charge is 0.397 e. The van der Waals surface area contributed by atoms with E-state index in [2.05, 4.69) is 35.1 Å². The molecular formula is C24H17FN8. The summed E-state index contributed by atoms with van der Waals surface area (Å²) in [6.45, 7) is 1.86. The van der Waals surface area contributed by atoms with Gasteiger partial charge in [-0.15, -0.1) is 0 Å². The van der Waals surface area contributed by atoms with Crippen LogP contribution >= 0.6 is 0 Å². The summed E-state index contributed by atoms with van der Waals surface area (Å²) in [4.78, 5) is 21.0. The number of aromatic nitrogens is 7. The molecule has 0 radical (unpaired) electrons. The minimum Gasteiger partial charge on any atom is -0.397 e. The fourth-order valence-corrected chi connectivity index (χ4v) is 4.01. The molecule has 0 atom stereocenters. The lowest BCUT2D eigenvalue weighted by atomic mass is 10.0. The lowest BCUT2D eigenvalue weighted by molar-refractivity contribution is 0.627. The molecule has 0 aliphatic rings. The molecule has 0 aliphatic heterocycles. The van der Waals surface area contributed by atoms with Crippen molar-refractivity contribution in [3.05, 3.63) is 72.6 Å². The summed E-state index contributed by atoms with van der Waals surface area (Å²) in [6.07, 6.45) is 6.68. The lowest BCUT2D eigenvalue weighted by Gasteiger charge is -2.04. The molecular weight excluding hydrogens is 419 g/mol. The highest BCUT2D eigenvalue weighted by Gasteiger charge is 2.17. The van der Waals surface area contributed by atoms with Crippen LogP contribution < -0.4 is 5.73 Å². The van der Waals surface area contributed by atoms with E-state index in [1.807, 2.05) is 31.2 Å². The number of nitrogens with one attached hydrogen (secondary N) is 2. The first kappa shape index (κ1) is 19.1. The second-order valence-corrected chi connectivity index (χ2v) is 7.85. The maximum Gasteiger partial charge on any atom is 0.178 e. The Labute approximate surface area is 186 Å². The predicted molar refractivity (Wildman–Crippen MR) is 125 cm³/mol. The van der Waals surface area contributed by atoms with E-state index in [4.69, 9.17) is 5.73 Å². The van der Waals surface area contributed by atoms with Crippen LogP contribution in [-0.4, -0.2) is 35.1 Å². The third-order valence-electron chi connectivity index (χ3n) is 5.47. The van der Waals surface area contributed by atoms with Crippen LogP contribution in [0.3, 0.4) is 0 Å². The highest BCUT2D eigenvalue weighted by molar-refractivity contribution is 5.96. The van der Waals surface area contributed by atoms with Crippen molar-refractivity contribution in [2.24, 2.45) is 0 Å². The highest BCUT2D eigenvalue weighted by Crippen LogP contribution is 2.32. The van der Waals surface area contributed by atoms with Crippen LogP contribution in [0.25, 0.3) is 56.0 Å². The molecule has 1 aromatic carbocycles. The molecule has 0 saturated carbocycles. The van der Waals surface area contributed by atoms with Gasteiger partial charge in [0.25, 0.3) is 0 Å². The van der Waals surface area contributed by atoms with E-state index in [0.29, 0.717) is 28.4 Å². The Morgan fingerprint density at radius 1 is 0.970 bits per heavy atom. The Kier molecular flexibility index (Phi) is 4.16. The molecule has 33 heavy (non-hydrogen) atoms. The number of rotatable bonds is 3. The number of nitrogens with zero attached hydrogens (tertiary/aromatic N) is 5. The van der Waals surface area contributed by atoms with E-state index in [9.17, 15) is 4.39 Å². The Morgan fingerprint density at radius 2 is 1.88 bits per heavy atom. The summed E-state index contributed by atoms with van der Waals surface area (Å²) in [7, 11) is 0. The number of fused-ring (bicyclic) bond motifs is 2. The van der Waals surface area contributed by atoms with Gasteiger partial charge in [-0.3, -0.25) is 15.1 Å². The third-order valence-corrected chi connectivity index (χ3v) is 5.47. The van der Waals surface area contributed by atoms with E-state index >= 15 is 0 Å². The van der Waals surface area contributed by atoms with Crippen molar-refractivity contribution in [1.29, 1.82) is 0 Å². The van der Waals surface area contributed by atoms with E-state index in [1.165, 1.54) is 12.1 Å². The van der Waals surface area contributed by atoms with Crippen LogP contribution in [0.4, 0.5) is 10.1 Å². The number of benzene rings is 1. The molecule has 9 heteroatoms. The number of nitrogens with two attached hydrogens (primary N) is 1. The molecule has 6 aromatic rings. The highest BCUT2D eigenvalue weighted by atomic mass is 19.1. The van der Waals surface area contributed by atoms with Gasteiger partial charge in [0.2, 0.25) is 0 Å². The molecule has 0 amide bonds. The fourth-order valence-electron chi connectivity index (χ4n) is 4.01. The average Bonchev–Trinajstić information content (AvgIpc) is 3.41. The monoisotopic (exact) mass is 436 g/mol. The Balaban J connectivity index is 1.51. The average molecular weight is 436 g/mol. The molecule has 0 saturated heterocycles. The normalized spacial score (nSPS) is 11.5.